The molecule has 114 valence electrons. The van der Waals surface area contributed by atoms with E-state index in [1.165, 1.54) is 22.9 Å². The van der Waals surface area contributed by atoms with Gasteiger partial charge in [0, 0.05) is 32.1 Å². The third-order valence-corrected chi connectivity index (χ3v) is 5.17. The average Bonchev–Trinajstić information content (AvgIpc) is 3.07. The smallest absolute Gasteiger partial charge is 0.267 e. The number of rotatable bonds is 3. The number of thioether (sulfide) groups is 1. The molecule has 1 aromatic heterocycles. The summed E-state index contributed by atoms with van der Waals surface area (Å²) < 4.78 is 1.55. The molecule has 3 rings (SSSR count). The number of aliphatic hydroxyl groups is 1. The largest absolute Gasteiger partial charge is 0.388 e. The Kier molecular flexibility index (Phi) is 3.79. The molecule has 0 atom stereocenters. The second kappa shape index (κ2) is 5.46. The van der Waals surface area contributed by atoms with E-state index >= 15 is 0 Å². The van der Waals surface area contributed by atoms with E-state index < -0.39 is 5.60 Å². The molecule has 0 unspecified atom stereocenters. The van der Waals surface area contributed by atoms with Crippen LogP contribution in [0.15, 0.2) is 16.1 Å². The minimum absolute atomic E-state index is 0.0883. The summed E-state index contributed by atoms with van der Waals surface area (Å²) in [6, 6.07) is 0. The average molecular weight is 309 g/mol. The maximum atomic E-state index is 12.5. The highest BCUT2D eigenvalue weighted by atomic mass is 32.2. The molecule has 1 amide bonds. The zero-order chi connectivity index (χ0) is 15.0. The van der Waals surface area contributed by atoms with Gasteiger partial charge >= 0.3 is 0 Å². The van der Waals surface area contributed by atoms with E-state index in [1.807, 2.05) is 0 Å². The van der Waals surface area contributed by atoms with E-state index in [-0.39, 0.29) is 23.6 Å². The maximum Gasteiger partial charge on any atom is 0.267 e. The topological polar surface area (TPSA) is 75.4 Å². The summed E-state index contributed by atoms with van der Waals surface area (Å²) in [4.78, 5) is 30.4. The van der Waals surface area contributed by atoms with Gasteiger partial charge in [0.25, 0.3) is 11.5 Å². The number of amides is 1. The first-order chi connectivity index (χ1) is 10.0. The van der Waals surface area contributed by atoms with Crippen molar-refractivity contribution in [1.82, 2.24) is 14.5 Å². The summed E-state index contributed by atoms with van der Waals surface area (Å²) in [6.07, 6.45) is 4.76. The number of carbonyl (C=O) groups excluding carboxylic acids is 1. The fraction of sp³-hybridized carbons (Fsp3) is 0.643. The van der Waals surface area contributed by atoms with E-state index in [4.69, 9.17) is 0 Å². The fourth-order valence-corrected chi connectivity index (χ4v) is 3.99. The number of hydrogen-bond acceptors (Lipinski definition) is 5. The first-order valence-corrected chi connectivity index (χ1v) is 8.19. The van der Waals surface area contributed by atoms with Gasteiger partial charge in [-0.05, 0) is 12.8 Å². The highest BCUT2D eigenvalue weighted by Crippen LogP contribution is 2.30. The monoisotopic (exact) mass is 309 g/mol. The molecule has 21 heavy (non-hydrogen) atoms. The van der Waals surface area contributed by atoms with Crippen LogP contribution in [0.1, 0.15) is 36.0 Å². The van der Waals surface area contributed by atoms with Crippen LogP contribution in [-0.2, 0) is 6.54 Å². The molecule has 0 aromatic carbocycles. The lowest BCUT2D eigenvalue weighted by Gasteiger charge is -2.28. The van der Waals surface area contributed by atoms with Crippen LogP contribution in [0.25, 0.3) is 0 Å². The van der Waals surface area contributed by atoms with Crippen LogP contribution in [0, 0.1) is 0 Å². The summed E-state index contributed by atoms with van der Waals surface area (Å²) in [5.41, 5.74) is -0.994. The van der Waals surface area contributed by atoms with Crippen molar-refractivity contribution in [3.8, 4) is 0 Å². The van der Waals surface area contributed by atoms with Crippen molar-refractivity contribution < 1.29 is 9.90 Å². The quantitative estimate of drug-likeness (QED) is 0.833. The van der Waals surface area contributed by atoms with Crippen molar-refractivity contribution in [3.05, 3.63) is 22.1 Å². The lowest BCUT2D eigenvalue weighted by atomic mass is 10.0. The normalized spacial score (nSPS) is 19.5. The van der Waals surface area contributed by atoms with Gasteiger partial charge in [0.1, 0.15) is 5.56 Å². The zero-order valence-corrected chi connectivity index (χ0v) is 12.9. The molecule has 0 spiro atoms. The summed E-state index contributed by atoms with van der Waals surface area (Å²) in [5, 5.41) is 11.1. The number of carbonyl (C=O) groups is 1. The van der Waals surface area contributed by atoms with Crippen molar-refractivity contribution in [1.29, 1.82) is 0 Å². The van der Waals surface area contributed by atoms with Gasteiger partial charge in [-0.2, -0.15) is 0 Å². The molecule has 0 bridgehead atoms. The van der Waals surface area contributed by atoms with E-state index in [0.29, 0.717) is 24.5 Å². The predicted molar refractivity (Wildman–Crippen MR) is 79.6 cm³/mol. The van der Waals surface area contributed by atoms with Gasteiger partial charge in [-0.1, -0.05) is 24.6 Å². The Morgan fingerprint density at radius 3 is 2.95 bits per heavy atom. The molecule has 2 heterocycles. The number of hydrogen-bond donors (Lipinski definition) is 1. The van der Waals surface area contributed by atoms with Gasteiger partial charge in [0.15, 0.2) is 5.16 Å². The van der Waals surface area contributed by atoms with Gasteiger partial charge in [0.2, 0.25) is 0 Å². The van der Waals surface area contributed by atoms with Crippen LogP contribution in [0.5, 0.6) is 0 Å². The first-order valence-electron chi connectivity index (χ1n) is 7.21. The molecule has 0 saturated heterocycles. The summed E-state index contributed by atoms with van der Waals surface area (Å²) in [5.74, 6) is 0.454. The van der Waals surface area contributed by atoms with Crippen molar-refractivity contribution in [2.75, 3.05) is 19.3 Å². The van der Waals surface area contributed by atoms with Crippen molar-refractivity contribution >= 4 is 17.7 Å². The molecular weight excluding hydrogens is 290 g/mol. The molecule has 0 radical (unpaired) electrons. The summed E-state index contributed by atoms with van der Waals surface area (Å²) in [6.45, 7) is 0.863. The SMILES string of the molecule is CN(CC1(O)CCCC1)C(=O)c1cnc2n(c1=O)CCS2. The van der Waals surface area contributed by atoms with E-state index in [1.54, 1.807) is 11.6 Å². The predicted octanol–water partition coefficient (Wildman–Crippen LogP) is 0.726. The van der Waals surface area contributed by atoms with E-state index in [9.17, 15) is 14.7 Å². The molecule has 2 aliphatic rings. The highest BCUT2D eigenvalue weighted by Gasteiger charge is 2.34. The molecule has 6 nitrogen and oxygen atoms in total. The lowest BCUT2D eigenvalue weighted by molar-refractivity contribution is 0.0155. The van der Waals surface area contributed by atoms with Crippen molar-refractivity contribution in [2.24, 2.45) is 0 Å². The minimum Gasteiger partial charge on any atom is -0.388 e. The van der Waals surface area contributed by atoms with Crippen LogP contribution in [0.4, 0.5) is 0 Å². The third-order valence-electron chi connectivity index (χ3n) is 4.20. The Balaban J connectivity index is 1.80. The molecular formula is C14H19N3O3S. The number of likely N-dealkylation sites (N-methyl/N-ethyl adjacent to an activating group) is 1. The molecule has 1 aliphatic heterocycles. The van der Waals surface area contributed by atoms with E-state index in [2.05, 4.69) is 4.98 Å². The van der Waals surface area contributed by atoms with Crippen molar-refractivity contribution in [2.45, 2.75) is 43.0 Å². The molecule has 1 N–H and O–H groups in total. The third kappa shape index (κ3) is 2.72. The summed E-state index contributed by atoms with van der Waals surface area (Å²) >= 11 is 1.52. The van der Waals surface area contributed by atoms with Gasteiger partial charge in [0.05, 0.1) is 5.60 Å². The van der Waals surface area contributed by atoms with Crippen LogP contribution < -0.4 is 5.56 Å². The number of aromatic nitrogens is 2. The lowest BCUT2D eigenvalue weighted by Crippen LogP contribution is -2.43. The van der Waals surface area contributed by atoms with Crippen LogP contribution in [-0.4, -0.2) is 50.4 Å². The van der Waals surface area contributed by atoms with Gasteiger partial charge in [-0.25, -0.2) is 4.98 Å². The standard InChI is InChI=1S/C14H19N3O3S/c1-16(9-14(20)4-2-3-5-14)11(18)10-8-15-13-17(12(10)19)6-7-21-13/h8,20H,2-7,9H2,1H3. The second-order valence-electron chi connectivity index (χ2n) is 5.85. The van der Waals surface area contributed by atoms with E-state index in [0.717, 1.165) is 18.6 Å². The Labute approximate surface area is 127 Å². The Hall–Kier alpha value is -1.34. The molecule has 1 fully saturated rings. The Morgan fingerprint density at radius 1 is 1.52 bits per heavy atom. The molecule has 1 saturated carbocycles. The number of nitrogens with zero attached hydrogens (tertiary/aromatic N) is 3. The van der Waals surface area contributed by atoms with Crippen LogP contribution in [0.2, 0.25) is 0 Å². The Morgan fingerprint density at radius 2 is 2.24 bits per heavy atom. The first kappa shape index (κ1) is 14.6. The van der Waals surface area contributed by atoms with Gasteiger partial charge in [-0.15, -0.1) is 0 Å². The summed E-state index contributed by atoms with van der Waals surface area (Å²) in [7, 11) is 1.63. The second-order valence-corrected chi connectivity index (χ2v) is 6.91. The fourth-order valence-electron chi connectivity index (χ4n) is 3.07. The zero-order valence-electron chi connectivity index (χ0n) is 12.0. The van der Waals surface area contributed by atoms with Gasteiger partial charge in [-0.3, -0.25) is 14.2 Å². The Bertz CT molecular complexity index is 622. The van der Waals surface area contributed by atoms with Crippen LogP contribution >= 0.6 is 11.8 Å². The van der Waals surface area contributed by atoms with Crippen molar-refractivity contribution in [3.63, 3.8) is 0 Å². The highest BCUT2D eigenvalue weighted by molar-refractivity contribution is 7.99. The molecule has 1 aliphatic carbocycles. The van der Waals surface area contributed by atoms with Crippen LogP contribution in [0.3, 0.4) is 0 Å². The molecule has 7 heteroatoms. The number of fused-ring (bicyclic) bond motifs is 1. The maximum absolute atomic E-state index is 12.5. The minimum atomic E-state index is -0.805. The van der Waals surface area contributed by atoms with Gasteiger partial charge < -0.3 is 10.0 Å². The molecule has 1 aromatic rings.